The van der Waals surface area contributed by atoms with Crippen LogP contribution in [-0.2, 0) is 4.74 Å². The van der Waals surface area contributed by atoms with E-state index >= 15 is 0 Å². The Labute approximate surface area is 227 Å². The average Bonchev–Trinajstić information content (AvgIpc) is 3.12. The lowest BCUT2D eigenvalue weighted by Crippen LogP contribution is -2.49. The number of amides is 1. The summed E-state index contributed by atoms with van der Waals surface area (Å²) in [6.07, 6.45) is 0.229. The number of hydrogen-bond acceptors (Lipinski definition) is 10. The number of benzene rings is 3. The van der Waals surface area contributed by atoms with Gasteiger partial charge >= 0.3 is 11.9 Å². The molecule has 0 saturated carbocycles. The minimum atomic E-state index is -1.51. The molecule has 0 aromatic heterocycles. The normalized spacial score (nSPS) is 16.9. The van der Waals surface area contributed by atoms with Gasteiger partial charge in [0.1, 0.15) is 34.7 Å². The van der Waals surface area contributed by atoms with Gasteiger partial charge in [0.05, 0.1) is 22.7 Å². The number of carbonyl (C=O) groups excluding carboxylic acids is 3. The maximum Gasteiger partial charge on any atom is 0.338 e. The number of aromatic hydroxyl groups is 4. The van der Waals surface area contributed by atoms with E-state index in [2.05, 4.69) is 10.6 Å². The molecule has 0 aliphatic carbocycles. The third kappa shape index (κ3) is 5.97. The lowest BCUT2D eigenvalue weighted by molar-refractivity contribution is 0.0191. The largest absolute Gasteiger partial charge is 0.508 e. The molecule has 40 heavy (non-hydrogen) atoms. The highest BCUT2D eigenvalue weighted by Gasteiger charge is 2.31. The van der Waals surface area contributed by atoms with Crippen LogP contribution in [-0.4, -0.2) is 74.4 Å². The molecule has 0 bridgehead atoms. The molecule has 0 radical (unpaired) electrons. The number of phenols is 4. The van der Waals surface area contributed by atoms with Gasteiger partial charge in [0, 0.05) is 12.1 Å². The van der Waals surface area contributed by atoms with Gasteiger partial charge in [-0.05, 0) is 67.9 Å². The fourth-order valence-electron chi connectivity index (χ4n) is 4.42. The SMILES string of the molecule is O=C(NC1CNCCC[C@H]1OC(=O)c1cc(O)c(C(=O)c2c(O)cccc2C(=O)O)c(O)c1)c1ccc(O)cc1. The number of ether oxygens (including phenoxy) is 1. The second-order valence-corrected chi connectivity index (χ2v) is 9.14. The summed E-state index contributed by atoms with van der Waals surface area (Å²) in [4.78, 5) is 50.3. The summed E-state index contributed by atoms with van der Waals surface area (Å²) < 4.78 is 5.63. The highest BCUT2D eigenvalue weighted by atomic mass is 16.5. The van der Waals surface area contributed by atoms with Gasteiger partial charge in [-0.2, -0.15) is 0 Å². The molecule has 1 aliphatic heterocycles. The van der Waals surface area contributed by atoms with Gasteiger partial charge in [-0.25, -0.2) is 9.59 Å². The number of ketones is 1. The monoisotopic (exact) mass is 550 g/mol. The summed E-state index contributed by atoms with van der Waals surface area (Å²) in [5.41, 5.74) is -1.91. The highest BCUT2D eigenvalue weighted by molar-refractivity contribution is 6.18. The van der Waals surface area contributed by atoms with Gasteiger partial charge < -0.3 is 40.9 Å². The van der Waals surface area contributed by atoms with Crippen LogP contribution in [0.5, 0.6) is 23.0 Å². The molecule has 1 saturated heterocycles. The molecule has 12 heteroatoms. The summed E-state index contributed by atoms with van der Waals surface area (Å²) in [5.74, 6) is -6.42. The fourth-order valence-corrected chi connectivity index (χ4v) is 4.42. The van der Waals surface area contributed by atoms with Crippen molar-refractivity contribution in [1.29, 1.82) is 0 Å². The van der Waals surface area contributed by atoms with Gasteiger partial charge in [0.25, 0.3) is 5.91 Å². The summed E-state index contributed by atoms with van der Waals surface area (Å²) in [5, 5.41) is 56.0. The molecule has 1 aliphatic rings. The van der Waals surface area contributed by atoms with Crippen molar-refractivity contribution in [1.82, 2.24) is 10.6 Å². The van der Waals surface area contributed by atoms with Crippen LogP contribution < -0.4 is 10.6 Å². The molecule has 1 fully saturated rings. The Morgan fingerprint density at radius 2 is 1.52 bits per heavy atom. The van der Waals surface area contributed by atoms with Crippen molar-refractivity contribution in [2.24, 2.45) is 0 Å². The van der Waals surface area contributed by atoms with Crippen molar-refractivity contribution in [3.05, 3.63) is 82.4 Å². The first kappa shape index (κ1) is 27.9. The fraction of sp³-hybridized carbons (Fsp3) is 0.214. The van der Waals surface area contributed by atoms with E-state index in [9.17, 15) is 44.7 Å². The number of aromatic carboxylic acids is 1. The molecular weight excluding hydrogens is 524 g/mol. The predicted octanol–water partition coefficient (Wildman–Crippen LogP) is 2.15. The second kappa shape index (κ2) is 11.7. The summed E-state index contributed by atoms with van der Waals surface area (Å²) in [6, 6.07) is 10.1. The van der Waals surface area contributed by atoms with E-state index in [1.54, 1.807) is 0 Å². The summed E-state index contributed by atoms with van der Waals surface area (Å²) in [6.45, 7) is 0.904. The third-order valence-electron chi connectivity index (χ3n) is 6.42. The Morgan fingerprint density at radius 3 is 2.17 bits per heavy atom. The Kier molecular flexibility index (Phi) is 8.20. The van der Waals surface area contributed by atoms with Crippen molar-refractivity contribution in [2.75, 3.05) is 13.1 Å². The summed E-state index contributed by atoms with van der Waals surface area (Å²) in [7, 11) is 0. The number of hydrogen-bond donors (Lipinski definition) is 7. The van der Waals surface area contributed by atoms with E-state index < -0.39 is 69.7 Å². The number of nitrogens with one attached hydrogen (secondary N) is 2. The van der Waals surface area contributed by atoms with Crippen molar-refractivity contribution < 1.29 is 49.4 Å². The molecule has 1 amide bonds. The number of phenolic OH excluding ortho intramolecular Hbond substituents is 4. The molecule has 2 atom stereocenters. The molecular formula is C28H26N2O10. The summed E-state index contributed by atoms with van der Waals surface area (Å²) >= 11 is 0. The molecule has 1 unspecified atom stereocenters. The molecule has 3 aromatic carbocycles. The number of carboxylic acid groups (broad SMARTS) is 1. The van der Waals surface area contributed by atoms with Crippen molar-refractivity contribution >= 4 is 23.6 Å². The number of carbonyl (C=O) groups is 4. The van der Waals surface area contributed by atoms with Gasteiger partial charge in [-0.15, -0.1) is 0 Å². The minimum Gasteiger partial charge on any atom is -0.508 e. The van der Waals surface area contributed by atoms with Crippen LogP contribution in [0.2, 0.25) is 0 Å². The smallest absolute Gasteiger partial charge is 0.338 e. The van der Waals surface area contributed by atoms with E-state index in [1.807, 2.05) is 0 Å². The maximum atomic E-state index is 13.0. The number of esters is 1. The zero-order chi connectivity index (χ0) is 29.0. The van der Waals surface area contributed by atoms with Gasteiger partial charge in [-0.1, -0.05) is 6.07 Å². The highest BCUT2D eigenvalue weighted by Crippen LogP contribution is 2.35. The van der Waals surface area contributed by atoms with Gasteiger partial charge in [0.15, 0.2) is 0 Å². The van der Waals surface area contributed by atoms with E-state index in [-0.39, 0.29) is 23.4 Å². The van der Waals surface area contributed by atoms with Crippen LogP contribution in [0, 0.1) is 0 Å². The van der Waals surface area contributed by atoms with E-state index in [1.165, 1.54) is 30.3 Å². The Hall–Kier alpha value is -5.10. The van der Waals surface area contributed by atoms with Crippen LogP contribution >= 0.6 is 0 Å². The molecule has 3 aromatic rings. The van der Waals surface area contributed by atoms with E-state index in [0.717, 1.165) is 24.3 Å². The molecule has 208 valence electrons. The number of carboxylic acids is 1. The quantitative estimate of drug-likeness (QED) is 0.168. The van der Waals surface area contributed by atoms with Crippen LogP contribution in [0.4, 0.5) is 0 Å². The zero-order valence-electron chi connectivity index (χ0n) is 21.0. The molecule has 0 spiro atoms. The molecule has 12 nitrogen and oxygen atoms in total. The van der Waals surface area contributed by atoms with Crippen LogP contribution in [0.1, 0.15) is 59.8 Å². The van der Waals surface area contributed by atoms with E-state index in [4.69, 9.17) is 4.74 Å². The van der Waals surface area contributed by atoms with Crippen LogP contribution in [0.3, 0.4) is 0 Å². The first-order valence-electron chi connectivity index (χ1n) is 12.2. The topological polar surface area (TPSA) is 203 Å². The first-order valence-corrected chi connectivity index (χ1v) is 12.2. The van der Waals surface area contributed by atoms with Crippen molar-refractivity contribution in [3.63, 3.8) is 0 Å². The van der Waals surface area contributed by atoms with Crippen molar-refractivity contribution in [3.8, 4) is 23.0 Å². The van der Waals surface area contributed by atoms with Gasteiger partial charge in [-0.3, -0.25) is 9.59 Å². The van der Waals surface area contributed by atoms with E-state index in [0.29, 0.717) is 19.4 Å². The minimum absolute atomic E-state index is 0.00149. The molecule has 7 N–H and O–H groups in total. The Morgan fingerprint density at radius 1 is 0.850 bits per heavy atom. The van der Waals surface area contributed by atoms with Crippen LogP contribution in [0.25, 0.3) is 0 Å². The lowest BCUT2D eigenvalue weighted by Gasteiger charge is -2.26. The second-order valence-electron chi connectivity index (χ2n) is 9.14. The van der Waals surface area contributed by atoms with Gasteiger partial charge in [0.2, 0.25) is 5.78 Å². The average molecular weight is 551 g/mol. The first-order chi connectivity index (χ1) is 19.1. The predicted molar refractivity (Wildman–Crippen MR) is 139 cm³/mol. The Bertz CT molecular complexity index is 1450. The van der Waals surface area contributed by atoms with Crippen LogP contribution in [0.15, 0.2) is 54.6 Å². The molecule has 4 rings (SSSR count). The maximum absolute atomic E-state index is 13.0. The third-order valence-corrected chi connectivity index (χ3v) is 6.42. The standard InChI is InChI=1S/C28H26N2O10/c31-16-8-6-14(7-9-16)26(36)30-18-13-29-10-2-5-22(18)40-28(39)15-11-20(33)24(21(34)12-15)25(35)23-17(27(37)38)3-1-4-19(23)32/h1,3-4,6-9,11-12,18,22,29,31-34H,2,5,10,13H2,(H,30,36)(H,37,38)/t18?,22-/m1/s1. The van der Waals surface area contributed by atoms with Crippen molar-refractivity contribution in [2.45, 2.75) is 25.0 Å². The lowest BCUT2D eigenvalue weighted by atomic mass is 9.95. The number of rotatable bonds is 7. The molecule has 1 heterocycles. The Balaban J connectivity index is 1.55. The zero-order valence-corrected chi connectivity index (χ0v) is 21.0.